The topological polar surface area (TPSA) is 38.7 Å². The molecule has 0 aliphatic carbocycles. The fourth-order valence-electron chi connectivity index (χ4n) is 1.71. The summed E-state index contributed by atoms with van der Waals surface area (Å²) in [6, 6.07) is 2.69. The molecule has 0 N–H and O–H groups in total. The van der Waals surface area contributed by atoms with Crippen LogP contribution in [-0.4, -0.2) is 15.0 Å². The summed E-state index contributed by atoms with van der Waals surface area (Å²) in [4.78, 5) is 12.6. The molecule has 0 saturated carbocycles. The van der Waals surface area contributed by atoms with Gasteiger partial charge >= 0.3 is 0 Å². The molecule has 3 nitrogen and oxygen atoms in total. The summed E-state index contributed by atoms with van der Waals surface area (Å²) >= 11 is 13.5. The minimum atomic E-state index is -0.489. The Labute approximate surface area is 122 Å². The zero-order valence-corrected chi connectivity index (χ0v) is 11.9. The molecule has 0 saturated heterocycles. The third-order valence-electron chi connectivity index (χ3n) is 2.55. The van der Waals surface area contributed by atoms with Gasteiger partial charge in [-0.25, -0.2) is 19.3 Å². The van der Waals surface area contributed by atoms with Crippen molar-refractivity contribution < 1.29 is 4.39 Å². The van der Waals surface area contributed by atoms with E-state index in [0.717, 1.165) is 5.01 Å². The fraction of sp³-hybridized carbons (Fsp3) is 0.0833. The third-order valence-corrected chi connectivity index (χ3v) is 3.92. The maximum atomic E-state index is 13.8. The smallest absolute Gasteiger partial charge is 0.181 e. The van der Waals surface area contributed by atoms with Crippen molar-refractivity contribution in [2.24, 2.45) is 0 Å². The van der Waals surface area contributed by atoms with Gasteiger partial charge in [0, 0.05) is 5.38 Å². The molecule has 7 heteroatoms. The number of benzene rings is 1. The molecular formula is C12H6Cl2FN3S. The summed E-state index contributed by atoms with van der Waals surface area (Å²) in [5.74, 6) is -0.195. The summed E-state index contributed by atoms with van der Waals surface area (Å²) in [6.07, 6.45) is 0. The van der Waals surface area contributed by atoms with Crippen molar-refractivity contribution >= 4 is 45.4 Å². The van der Waals surface area contributed by atoms with E-state index in [-0.39, 0.29) is 10.7 Å². The Bertz CT molecular complexity index is 788. The lowest BCUT2D eigenvalue weighted by atomic mass is 10.2. The lowest BCUT2D eigenvalue weighted by molar-refractivity contribution is 0.636. The first-order chi connectivity index (χ1) is 9.06. The summed E-state index contributed by atoms with van der Waals surface area (Å²) in [5, 5.41) is 3.44. The number of fused-ring (bicyclic) bond motifs is 1. The number of hydrogen-bond acceptors (Lipinski definition) is 4. The van der Waals surface area contributed by atoms with Crippen LogP contribution >= 0.6 is 34.5 Å². The van der Waals surface area contributed by atoms with E-state index in [1.807, 2.05) is 6.92 Å². The van der Waals surface area contributed by atoms with Crippen LogP contribution in [0.3, 0.4) is 0 Å². The van der Waals surface area contributed by atoms with E-state index in [2.05, 4.69) is 15.0 Å². The first-order valence-electron chi connectivity index (χ1n) is 5.30. The molecular weight excluding hydrogens is 308 g/mol. The quantitative estimate of drug-likeness (QED) is 0.620. The SMILES string of the molecule is Cc1nc(-c2nc(Cl)c3c(Cl)ccc(F)c3n2)cs1. The van der Waals surface area contributed by atoms with Crippen molar-refractivity contribution in [3.05, 3.63) is 38.5 Å². The van der Waals surface area contributed by atoms with Gasteiger partial charge in [0.25, 0.3) is 0 Å². The summed E-state index contributed by atoms with van der Waals surface area (Å²) in [5.41, 5.74) is 0.679. The number of aromatic nitrogens is 3. The molecule has 1 aromatic carbocycles. The Morgan fingerprint density at radius 3 is 2.63 bits per heavy atom. The average molecular weight is 314 g/mol. The van der Waals surface area contributed by atoms with E-state index in [4.69, 9.17) is 23.2 Å². The van der Waals surface area contributed by atoms with E-state index in [0.29, 0.717) is 21.9 Å². The van der Waals surface area contributed by atoms with Crippen LogP contribution < -0.4 is 0 Å². The van der Waals surface area contributed by atoms with E-state index in [1.54, 1.807) is 5.38 Å². The van der Waals surface area contributed by atoms with Gasteiger partial charge in [0.15, 0.2) is 5.82 Å². The van der Waals surface area contributed by atoms with Crippen LogP contribution in [-0.2, 0) is 0 Å². The monoisotopic (exact) mass is 313 g/mol. The van der Waals surface area contributed by atoms with Gasteiger partial charge in [-0.3, -0.25) is 0 Å². The second kappa shape index (κ2) is 4.67. The van der Waals surface area contributed by atoms with Gasteiger partial charge in [0.1, 0.15) is 22.2 Å². The number of hydrogen-bond donors (Lipinski definition) is 0. The molecule has 0 aliphatic heterocycles. The second-order valence-electron chi connectivity index (χ2n) is 3.84. The zero-order valence-electron chi connectivity index (χ0n) is 9.62. The Kier molecular flexibility index (Phi) is 3.12. The lowest BCUT2D eigenvalue weighted by Crippen LogP contribution is -1.95. The molecule has 2 heterocycles. The maximum Gasteiger partial charge on any atom is 0.181 e. The molecule has 0 spiro atoms. The van der Waals surface area contributed by atoms with Crippen LogP contribution in [0, 0.1) is 12.7 Å². The molecule has 0 atom stereocenters. The highest BCUT2D eigenvalue weighted by molar-refractivity contribution is 7.09. The number of nitrogens with zero attached hydrogens (tertiary/aromatic N) is 3. The molecule has 3 aromatic rings. The molecule has 3 rings (SSSR count). The predicted molar refractivity (Wildman–Crippen MR) is 75.4 cm³/mol. The van der Waals surface area contributed by atoms with Crippen LogP contribution in [0.1, 0.15) is 5.01 Å². The standard InChI is InChI=1S/C12H6Cl2FN3S/c1-5-16-8(4-19-5)12-17-10-7(15)3-2-6(13)9(10)11(14)18-12/h2-4H,1H3. The van der Waals surface area contributed by atoms with Crippen molar-refractivity contribution in [1.82, 2.24) is 15.0 Å². The highest BCUT2D eigenvalue weighted by Crippen LogP contribution is 2.31. The number of thiazole rings is 1. The summed E-state index contributed by atoms with van der Waals surface area (Å²) in [6.45, 7) is 1.87. The Morgan fingerprint density at radius 2 is 1.95 bits per heavy atom. The van der Waals surface area contributed by atoms with E-state index < -0.39 is 5.82 Å². The van der Waals surface area contributed by atoms with Crippen LogP contribution in [0.25, 0.3) is 22.4 Å². The molecule has 96 valence electrons. The lowest BCUT2D eigenvalue weighted by Gasteiger charge is -2.05. The molecule has 19 heavy (non-hydrogen) atoms. The minimum absolute atomic E-state index is 0.105. The van der Waals surface area contributed by atoms with Gasteiger partial charge in [-0.15, -0.1) is 11.3 Å². The van der Waals surface area contributed by atoms with E-state index in [1.165, 1.54) is 23.5 Å². The van der Waals surface area contributed by atoms with E-state index >= 15 is 0 Å². The van der Waals surface area contributed by atoms with Gasteiger partial charge in [0.2, 0.25) is 0 Å². The van der Waals surface area contributed by atoms with Crippen molar-refractivity contribution in [3.8, 4) is 11.5 Å². The number of halogens is 3. The fourth-order valence-corrected chi connectivity index (χ4v) is 2.86. The van der Waals surface area contributed by atoms with Crippen molar-refractivity contribution in [1.29, 1.82) is 0 Å². The van der Waals surface area contributed by atoms with Crippen LogP contribution in [0.15, 0.2) is 17.5 Å². The molecule has 0 aliphatic rings. The number of rotatable bonds is 1. The summed E-state index contributed by atoms with van der Waals surface area (Å²) in [7, 11) is 0. The van der Waals surface area contributed by atoms with Gasteiger partial charge < -0.3 is 0 Å². The minimum Gasteiger partial charge on any atom is -0.238 e. The first-order valence-corrected chi connectivity index (χ1v) is 6.93. The molecule has 0 bridgehead atoms. The van der Waals surface area contributed by atoms with Gasteiger partial charge in [-0.05, 0) is 19.1 Å². The second-order valence-corrected chi connectivity index (χ2v) is 5.67. The van der Waals surface area contributed by atoms with Gasteiger partial charge in [-0.1, -0.05) is 23.2 Å². The molecule has 0 radical (unpaired) electrons. The Hall–Kier alpha value is -1.30. The number of aryl methyl sites for hydroxylation is 1. The predicted octanol–water partition coefficient (Wildman–Crippen LogP) is 4.51. The van der Waals surface area contributed by atoms with Crippen LogP contribution in [0.2, 0.25) is 10.2 Å². The maximum absolute atomic E-state index is 13.8. The summed E-state index contributed by atoms with van der Waals surface area (Å²) < 4.78 is 13.8. The zero-order chi connectivity index (χ0) is 13.6. The largest absolute Gasteiger partial charge is 0.238 e. The first kappa shape index (κ1) is 12.7. The highest BCUT2D eigenvalue weighted by atomic mass is 35.5. The molecule has 0 unspecified atom stereocenters. The van der Waals surface area contributed by atoms with Gasteiger partial charge in [0.05, 0.1) is 15.4 Å². The Morgan fingerprint density at radius 1 is 1.16 bits per heavy atom. The average Bonchev–Trinajstić information content (AvgIpc) is 2.80. The third kappa shape index (κ3) is 2.18. The van der Waals surface area contributed by atoms with Crippen molar-refractivity contribution in [2.75, 3.05) is 0 Å². The van der Waals surface area contributed by atoms with Gasteiger partial charge in [-0.2, -0.15) is 0 Å². The van der Waals surface area contributed by atoms with Crippen molar-refractivity contribution in [2.45, 2.75) is 6.92 Å². The molecule has 2 aromatic heterocycles. The van der Waals surface area contributed by atoms with Crippen LogP contribution in [0.4, 0.5) is 4.39 Å². The highest BCUT2D eigenvalue weighted by Gasteiger charge is 2.15. The Balaban J connectivity index is 2.33. The molecule has 0 amide bonds. The van der Waals surface area contributed by atoms with Crippen molar-refractivity contribution in [3.63, 3.8) is 0 Å². The normalized spacial score (nSPS) is 11.2. The molecule has 0 fully saturated rings. The van der Waals surface area contributed by atoms with E-state index in [9.17, 15) is 4.39 Å². The van der Waals surface area contributed by atoms with Crippen LogP contribution in [0.5, 0.6) is 0 Å².